The molecule has 0 radical (unpaired) electrons. The van der Waals surface area contributed by atoms with Crippen LogP contribution in [0.1, 0.15) is 30.6 Å². The van der Waals surface area contributed by atoms with Gasteiger partial charge in [-0.05, 0) is 12.0 Å². The molecular formula is C18H26N4O2. The second kappa shape index (κ2) is 8.37. The van der Waals surface area contributed by atoms with E-state index in [1.165, 1.54) is 0 Å². The number of fused-ring (bicyclic) bond motifs is 1. The van der Waals surface area contributed by atoms with Crippen LogP contribution in [-0.4, -0.2) is 45.2 Å². The molecule has 0 fully saturated rings. The number of aromatic nitrogens is 3. The number of aliphatic hydroxyl groups excluding tert-OH is 1. The second-order valence-corrected chi connectivity index (χ2v) is 6.28. The number of nitrogens with zero attached hydrogens (tertiary/aromatic N) is 3. The molecule has 2 heterocycles. The van der Waals surface area contributed by atoms with Crippen molar-refractivity contribution in [3.05, 3.63) is 47.5 Å². The smallest absolute Gasteiger partial charge is 0.150 e. The molecule has 0 saturated heterocycles. The van der Waals surface area contributed by atoms with Gasteiger partial charge >= 0.3 is 0 Å². The van der Waals surface area contributed by atoms with E-state index >= 15 is 0 Å². The first-order chi connectivity index (χ1) is 11.7. The van der Waals surface area contributed by atoms with Crippen molar-refractivity contribution in [1.82, 2.24) is 20.1 Å². The van der Waals surface area contributed by atoms with E-state index in [4.69, 9.17) is 4.74 Å². The van der Waals surface area contributed by atoms with Gasteiger partial charge in [0.1, 0.15) is 5.82 Å². The highest BCUT2D eigenvalue weighted by molar-refractivity contribution is 5.13. The molecule has 0 aliphatic carbocycles. The summed E-state index contributed by atoms with van der Waals surface area (Å²) in [6.45, 7) is 4.29. The average molecular weight is 330 g/mol. The molecule has 3 rings (SSSR count). The fraction of sp³-hybridized carbons (Fsp3) is 0.556. The molecule has 0 bridgehead atoms. The first kappa shape index (κ1) is 17.1. The first-order valence-corrected chi connectivity index (χ1v) is 8.70. The minimum Gasteiger partial charge on any atom is -0.389 e. The molecule has 1 aliphatic rings. The summed E-state index contributed by atoms with van der Waals surface area (Å²) in [4.78, 5) is 4.52. The molecule has 6 heteroatoms. The Bertz CT molecular complexity index is 629. The number of hydrogen-bond acceptors (Lipinski definition) is 5. The third kappa shape index (κ3) is 4.63. The van der Waals surface area contributed by atoms with Crippen molar-refractivity contribution in [1.29, 1.82) is 0 Å². The van der Waals surface area contributed by atoms with Crippen LogP contribution in [0.15, 0.2) is 30.3 Å². The zero-order chi connectivity index (χ0) is 16.8. The number of rotatable bonds is 8. The van der Waals surface area contributed by atoms with E-state index in [0.29, 0.717) is 25.8 Å². The van der Waals surface area contributed by atoms with E-state index in [0.717, 1.165) is 43.0 Å². The van der Waals surface area contributed by atoms with Gasteiger partial charge in [0.05, 0.1) is 25.9 Å². The van der Waals surface area contributed by atoms with Crippen molar-refractivity contribution in [3.63, 3.8) is 0 Å². The lowest BCUT2D eigenvalue weighted by Crippen LogP contribution is -2.42. The summed E-state index contributed by atoms with van der Waals surface area (Å²) in [6, 6.07) is 10.3. The molecule has 0 amide bonds. The van der Waals surface area contributed by atoms with Gasteiger partial charge in [0.25, 0.3) is 0 Å². The zero-order valence-electron chi connectivity index (χ0n) is 14.2. The topological polar surface area (TPSA) is 72.2 Å². The Labute approximate surface area is 142 Å². The molecule has 2 N–H and O–H groups in total. The second-order valence-electron chi connectivity index (χ2n) is 6.28. The summed E-state index contributed by atoms with van der Waals surface area (Å²) < 4.78 is 7.58. The number of aryl methyl sites for hydroxylation is 2. The van der Waals surface area contributed by atoms with E-state index in [1.54, 1.807) is 0 Å². The summed E-state index contributed by atoms with van der Waals surface area (Å²) in [5.41, 5.74) is 1.12. The van der Waals surface area contributed by atoms with E-state index in [-0.39, 0.29) is 0 Å². The van der Waals surface area contributed by atoms with Crippen molar-refractivity contribution in [3.8, 4) is 0 Å². The molecule has 1 aromatic heterocycles. The van der Waals surface area contributed by atoms with Crippen LogP contribution in [0.4, 0.5) is 0 Å². The molecule has 130 valence electrons. The zero-order valence-corrected chi connectivity index (χ0v) is 14.2. The van der Waals surface area contributed by atoms with Gasteiger partial charge in [-0.15, -0.1) is 0 Å². The van der Waals surface area contributed by atoms with Crippen LogP contribution in [0.3, 0.4) is 0 Å². The lowest BCUT2D eigenvalue weighted by atomic mass is 10.1. The minimum absolute atomic E-state index is 0.327. The summed E-state index contributed by atoms with van der Waals surface area (Å²) >= 11 is 0. The summed E-state index contributed by atoms with van der Waals surface area (Å²) in [5.74, 6) is 2.00. The fourth-order valence-corrected chi connectivity index (χ4v) is 2.93. The maximum atomic E-state index is 10.1. The SMILES string of the molecule is CCc1nc2n(n1)C[C@@H](NC[C@@H](O)COCc1ccccc1)CC2. The van der Waals surface area contributed by atoms with Gasteiger partial charge in [0, 0.05) is 25.4 Å². The predicted molar refractivity (Wildman–Crippen MR) is 91.6 cm³/mol. The Hall–Kier alpha value is -1.76. The van der Waals surface area contributed by atoms with Crippen LogP contribution in [0.25, 0.3) is 0 Å². The summed E-state index contributed by atoms with van der Waals surface area (Å²) in [6.07, 6.45) is 2.33. The van der Waals surface area contributed by atoms with Gasteiger partial charge in [-0.1, -0.05) is 37.3 Å². The predicted octanol–water partition coefficient (Wildman–Crippen LogP) is 1.32. The quantitative estimate of drug-likeness (QED) is 0.764. The van der Waals surface area contributed by atoms with Crippen molar-refractivity contribution in [2.24, 2.45) is 0 Å². The van der Waals surface area contributed by atoms with Crippen molar-refractivity contribution in [2.45, 2.75) is 51.5 Å². The van der Waals surface area contributed by atoms with Crippen LogP contribution in [0, 0.1) is 0 Å². The Morgan fingerprint density at radius 1 is 1.38 bits per heavy atom. The highest BCUT2D eigenvalue weighted by atomic mass is 16.5. The largest absolute Gasteiger partial charge is 0.389 e. The average Bonchev–Trinajstić information content (AvgIpc) is 3.03. The molecule has 1 aliphatic heterocycles. The highest BCUT2D eigenvalue weighted by Crippen LogP contribution is 2.13. The number of hydrogen-bond donors (Lipinski definition) is 2. The standard InChI is InChI=1S/C18H26N4O2/c1-2-17-20-18-9-8-15(11-22(18)21-17)19-10-16(23)13-24-12-14-6-4-3-5-7-14/h3-7,15-16,19,23H,2,8-13H2,1H3/t15-,16+/m0/s1. The highest BCUT2D eigenvalue weighted by Gasteiger charge is 2.21. The van der Waals surface area contributed by atoms with E-state index < -0.39 is 6.10 Å². The third-order valence-corrected chi connectivity index (χ3v) is 4.28. The molecule has 1 aromatic carbocycles. The van der Waals surface area contributed by atoms with Crippen LogP contribution in [-0.2, 0) is 30.7 Å². The molecule has 24 heavy (non-hydrogen) atoms. The van der Waals surface area contributed by atoms with Gasteiger partial charge in [0.15, 0.2) is 5.82 Å². The van der Waals surface area contributed by atoms with Gasteiger partial charge in [-0.25, -0.2) is 9.67 Å². The Morgan fingerprint density at radius 2 is 2.21 bits per heavy atom. The normalized spacial score (nSPS) is 18.3. The Balaban J connectivity index is 1.36. The summed E-state index contributed by atoms with van der Waals surface area (Å²) in [5, 5.41) is 18.0. The van der Waals surface area contributed by atoms with Crippen molar-refractivity contribution >= 4 is 0 Å². The fourth-order valence-electron chi connectivity index (χ4n) is 2.93. The number of ether oxygens (including phenoxy) is 1. The van der Waals surface area contributed by atoms with Gasteiger partial charge in [0.2, 0.25) is 0 Å². The maximum absolute atomic E-state index is 10.1. The molecule has 6 nitrogen and oxygen atoms in total. The molecule has 0 saturated carbocycles. The molecule has 2 atom stereocenters. The van der Waals surface area contributed by atoms with Crippen LogP contribution in [0.5, 0.6) is 0 Å². The lowest BCUT2D eigenvalue weighted by molar-refractivity contribution is 0.0269. The van der Waals surface area contributed by atoms with Gasteiger partial charge < -0.3 is 15.2 Å². The molecule has 2 aromatic rings. The van der Waals surface area contributed by atoms with Crippen LogP contribution in [0.2, 0.25) is 0 Å². The van der Waals surface area contributed by atoms with Gasteiger partial charge in [-0.2, -0.15) is 5.10 Å². The van der Waals surface area contributed by atoms with Crippen molar-refractivity contribution in [2.75, 3.05) is 13.2 Å². The van der Waals surface area contributed by atoms with E-state index in [2.05, 4.69) is 22.3 Å². The number of benzene rings is 1. The minimum atomic E-state index is -0.503. The number of nitrogens with one attached hydrogen (secondary N) is 1. The lowest BCUT2D eigenvalue weighted by Gasteiger charge is -2.24. The molecular weight excluding hydrogens is 304 g/mol. The van der Waals surface area contributed by atoms with Crippen molar-refractivity contribution < 1.29 is 9.84 Å². The summed E-state index contributed by atoms with van der Waals surface area (Å²) in [7, 11) is 0. The van der Waals surface area contributed by atoms with Crippen LogP contribution < -0.4 is 5.32 Å². The third-order valence-electron chi connectivity index (χ3n) is 4.28. The molecule has 0 spiro atoms. The van der Waals surface area contributed by atoms with E-state index in [1.807, 2.05) is 35.0 Å². The Morgan fingerprint density at radius 3 is 3.00 bits per heavy atom. The monoisotopic (exact) mass is 330 g/mol. The number of aliphatic hydroxyl groups is 1. The van der Waals surface area contributed by atoms with Crippen LogP contribution >= 0.6 is 0 Å². The maximum Gasteiger partial charge on any atom is 0.150 e. The Kier molecular flexibility index (Phi) is 5.96. The van der Waals surface area contributed by atoms with E-state index in [9.17, 15) is 5.11 Å². The first-order valence-electron chi connectivity index (χ1n) is 8.70. The molecule has 0 unspecified atom stereocenters. The van der Waals surface area contributed by atoms with Gasteiger partial charge in [-0.3, -0.25) is 0 Å².